The van der Waals surface area contributed by atoms with Crippen LogP contribution in [0.25, 0.3) is 0 Å². The fourth-order valence-corrected chi connectivity index (χ4v) is 3.29. The van der Waals surface area contributed by atoms with Crippen LogP contribution >= 0.6 is 0 Å². The lowest BCUT2D eigenvalue weighted by atomic mass is 10.1. The number of rotatable bonds is 4. The molecule has 0 bridgehead atoms. The molecule has 0 aromatic heterocycles. The quantitative estimate of drug-likeness (QED) is 0.847. The van der Waals surface area contributed by atoms with Crippen LogP contribution in [0.2, 0.25) is 0 Å². The molecule has 2 fully saturated rings. The molecule has 5 heteroatoms. The zero-order valence-corrected chi connectivity index (χ0v) is 13.8. The number of likely N-dealkylation sites (N-methyl/N-ethyl adjacent to an activating group) is 1. The van der Waals surface area contributed by atoms with Crippen LogP contribution in [0.4, 0.5) is 0 Å². The minimum Gasteiger partial charge on any atom is -0.338 e. The highest BCUT2D eigenvalue weighted by molar-refractivity contribution is 5.94. The first-order valence-corrected chi connectivity index (χ1v) is 8.55. The van der Waals surface area contributed by atoms with Gasteiger partial charge in [-0.2, -0.15) is 0 Å². The maximum Gasteiger partial charge on any atom is 0.253 e. The van der Waals surface area contributed by atoms with Gasteiger partial charge in [0, 0.05) is 51.3 Å². The Morgan fingerprint density at radius 3 is 2.30 bits per heavy atom. The summed E-state index contributed by atoms with van der Waals surface area (Å²) in [6.07, 6.45) is 1.62. The SMILES string of the molecule is CCN1CCN(C(=O)c2ccc(CN3CCCC3=O)cc2)CC1. The average molecular weight is 315 g/mol. The summed E-state index contributed by atoms with van der Waals surface area (Å²) in [5.41, 5.74) is 1.83. The van der Waals surface area contributed by atoms with E-state index in [0.717, 1.165) is 56.8 Å². The number of carbonyl (C=O) groups is 2. The predicted octanol–water partition coefficient (Wildman–Crippen LogP) is 1.59. The Labute approximate surface area is 137 Å². The molecule has 23 heavy (non-hydrogen) atoms. The van der Waals surface area contributed by atoms with Crippen molar-refractivity contribution in [2.45, 2.75) is 26.3 Å². The monoisotopic (exact) mass is 315 g/mol. The van der Waals surface area contributed by atoms with Gasteiger partial charge in [0.05, 0.1) is 0 Å². The third-order valence-corrected chi connectivity index (χ3v) is 4.85. The van der Waals surface area contributed by atoms with E-state index in [2.05, 4.69) is 11.8 Å². The van der Waals surface area contributed by atoms with Crippen LogP contribution in [0.5, 0.6) is 0 Å². The van der Waals surface area contributed by atoms with E-state index >= 15 is 0 Å². The van der Waals surface area contributed by atoms with Crippen LogP contribution < -0.4 is 0 Å². The van der Waals surface area contributed by atoms with Crippen LogP contribution in [0.3, 0.4) is 0 Å². The summed E-state index contributed by atoms with van der Waals surface area (Å²) in [5.74, 6) is 0.350. The number of hydrogen-bond acceptors (Lipinski definition) is 3. The summed E-state index contributed by atoms with van der Waals surface area (Å²) in [7, 11) is 0. The molecule has 124 valence electrons. The first-order valence-electron chi connectivity index (χ1n) is 8.55. The fourth-order valence-electron chi connectivity index (χ4n) is 3.29. The van der Waals surface area contributed by atoms with Crippen molar-refractivity contribution in [2.24, 2.45) is 0 Å². The molecule has 5 nitrogen and oxygen atoms in total. The van der Waals surface area contributed by atoms with E-state index in [1.54, 1.807) is 0 Å². The Bertz CT molecular complexity index is 562. The molecule has 1 aromatic rings. The number of likely N-dealkylation sites (tertiary alicyclic amines) is 1. The molecule has 3 rings (SSSR count). The van der Waals surface area contributed by atoms with E-state index in [1.807, 2.05) is 34.1 Å². The highest BCUT2D eigenvalue weighted by atomic mass is 16.2. The normalized spacial score (nSPS) is 19.4. The zero-order valence-electron chi connectivity index (χ0n) is 13.8. The largest absolute Gasteiger partial charge is 0.338 e. The van der Waals surface area contributed by atoms with Crippen LogP contribution in [0.1, 0.15) is 35.7 Å². The highest BCUT2D eigenvalue weighted by Crippen LogP contribution is 2.16. The zero-order chi connectivity index (χ0) is 16.2. The fraction of sp³-hybridized carbons (Fsp3) is 0.556. The standard InChI is InChI=1S/C18H25N3O2/c1-2-19-10-12-20(13-11-19)18(23)16-7-5-15(6-8-16)14-21-9-3-4-17(21)22/h5-8H,2-4,9-14H2,1H3. The van der Waals surface area contributed by atoms with Crippen molar-refractivity contribution in [3.05, 3.63) is 35.4 Å². The Morgan fingerprint density at radius 1 is 1.04 bits per heavy atom. The number of nitrogens with zero attached hydrogens (tertiary/aromatic N) is 3. The van der Waals surface area contributed by atoms with Gasteiger partial charge in [0.1, 0.15) is 0 Å². The van der Waals surface area contributed by atoms with E-state index in [9.17, 15) is 9.59 Å². The summed E-state index contributed by atoms with van der Waals surface area (Å²) in [5, 5.41) is 0. The Morgan fingerprint density at radius 2 is 1.74 bits per heavy atom. The molecule has 2 aliphatic rings. The Hall–Kier alpha value is -1.88. The highest BCUT2D eigenvalue weighted by Gasteiger charge is 2.22. The molecule has 0 saturated carbocycles. The maximum absolute atomic E-state index is 12.5. The van der Waals surface area contributed by atoms with Crippen molar-refractivity contribution in [2.75, 3.05) is 39.3 Å². The number of carbonyl (C=O) groups excluding carboxylic acids is 2. The van der Waals surface area contributed by atoms with E-state index in [4.69, 9.17) is 0 Å². The second-order valence-corrected chi connectivity index (χ2v) is 6.34. The second-order valence-electron chi connectivity index (χ2n) is 6.34. The molecule has 0 radical (unpaired) electrons. The molecule has 0 N–H and O–H groups in total. The molecule has 0 aliphatic carbocycles. The van der Waals surface area contributed by atoms with E-state index in [1.165, 1.54) is 0 Å². The van der Waals surface area contributed by atoms with Crippen molar-refractivity contribution >= 4 is 11.8 Å². The first kappa shape index (κ1) is 16.0. The van der Waals surface area contributed by atoms with Crippen LogP contribution in [-0.4, -0.2) is 65.8 Å². The van der Waals surface area contributed by atoms with Gasteiger partial charge in [-0.25, -0.2) is 0 Å². The van der Waals surface area contributed by atoms with E-state index < -0.39 is 0 Å². The molecule has 2 heterocycles. The number of amides is 2. The first-order chi connectivity index (χ1) is 11.2. The minimum atomic E-state index is 0.115. The van der Waals surface area contributed by atoms with Gasteiger partial charge >= 0.3 is 0 Å². The number of piperazine rings is 1. The third-order valence-electron chi connectivity index (χ3n) is 4.85. The van der Waals surface area contributed by atoms with Gasteiger partial charge < -0.3 is 14.7 Å². The molecule has 2 aliphatic heterocycles. The van der Waals surface area contributed by atoms with Crippen molar-refractivity contribution in [1.82, 2.24) is 14.7 Å². The lowest BCUT2D eigenvalue weighted by Crippen LogP contribution is -2.48. The summed E-state index contributed by atoms with van der Waals surface area (Å²) in [4.78, 5) is 30.4. The smallest absolute Gasteiger partial charge is 0.253 e. The molecular weight excluding hydrogens is 290 g/mol. The van der Waals surface area contributed by atoms with Gasteiger partial charge in [-0.05, 0) is 30.7 Å². The lowest BCUT2D eigenvalue weighted by Gasteiger charge is -2.34. The second kappa shape index (κ2) is 7.13. The van der Waals surface area contributed by atoms with Gasteiger partial charge in [0.15, 0.2) is 0 Å². The average Bonchev–Trinajstić information content (AvgIpc) is 3.00. The van der Waals surface area contributed by atoms with Crippen LogP contribution in [0, 0.1) is 0 Å². The van der Waals surface area contributed by atoms with Crippen molar-refractivity contribution in [3.63, 3.8) is 0 Å². The molecule has 0 spiro atoms. The maximum atomic E-state index is 12.5. The topological polar surface area (TPSA) is 43.9 Å². The van der Waals surface area contributed by atoms with Gasteiger partial charge in [-0.3, -0.25) is 9.59 Å². The van der Waals surface area contributed by atoms with Crippen molar-refractivity contribution in [1.29, 1.82) is 0 Å². The Balaban J connectivity index is 1.58. The van der Waals surface area contributed by atoms with E-state index in [-0.39, 0.29) is 11.8 Å². The summed E-state index contributed by atoms with van der Waals surface area (Å²) in [6, 6.07) is 7.73. The molecule has 1 aromatic carbocycles. The van der Waals surface area contributed by atoms with Crippen LogP contribution in [-0.2, 0) is 11.3 Å². The van der Waals surface area contributed by atoms with Crippen molar-refractivity contribution in [3.8, 4) is 0 Å². The van der Waals surface area contributed by atoms with E-state index in [0.29, 0.717) is 13.0 Å². The van der Waals surface area contributed by atoms with Crippen LogP contribution in [0.15, 0.2) is 24.3 Å². The molecule has 0 unspecified atom stereocenters. The summed E-state index contributed by atoms with van der Waals surface area (Å²) >= 11 is 0. The molecular formula is C18H25N3O2. The number of hydrogen-bond donors (Lipinski definition) is 0. The van der Waals surface area contributed by atoms with Gasteiger partial charge in [-0.15, -0.1) is 0 Å². The van der Waals surface area contributed by atoms with Gasteiger partial charge in [-0.1, -0.05) is 19.1 Å². The molecule has 2 saturated heterocycles. The molecule has 2 amide bonds. The predicted molar refractivity (Wildman–Crippen MR) is 89.1 cm³/mol. The van der Waals surface area contributed by atoms with Gasteiger partial charge in [0.25, 0.3) is 5.91 Å². The summed E-state index contributed by atoms with van der Waals surface area (Å²) in [6.45, 7) is 8.22. The lowest BCUT2D eigenvalue weighted by molar-refractivity contribution is -0.128. The minimum absolute atomic E-state index is 0.115. The third kappa shape index (κ3) is 3.72. The number of benzene rings is 1. The van der Waals surface area contributed by atoms with Crippen molar-refractivity contribution < 1.29 is 9.59 Å². The molecule has 0 atom stereocenters. The summed E-state index contributed by atoms with van der Waals surface area (Å²) < 4.78 is 0. The van der Waals surface area contributed by atoms with Gasteiger partial charge in [0.2, 0.25) is 5.91 Å². The Kier molecular flexibility index (Phi) is 4.96.